The highest BCUT2D eigenvalue weighted by Crippen LogP contribution is 2.35. The highest BCUT2D eigenvalue weighted by molar-refractivity contribution is 7.90. The zero-order valence-corrected chi connectivity index (χ0v) is 17.2. The van der Waals surface area contributed by atoms with Crippen LogP contribution in [0.25, 0.3) is 0 Å². The van der Waals surface area contributed by atoms with Gasteiger partial charge in [0, 0.05) is 18.4 Å². The maximum atomic E-state index is 12.9. The SMILES string of the molecule is CS(=O)(=O)c1ccc(NC(=O)C2=NN(c3ccccc3)[C@H](c3ccccc3)C2)cc1. The average molecular weight is 420 g/mol. The van der Waals surface area contributed by atoms with Crippen molar-refractivity contribution >= 4 is 32.8 Å². The highest BCUT2D eigenvalue weighted by Gasteiger charge is 2.32. The summed E-state index contributed by atoms with van der Waals surface area (Å²) in [5.41, 5.74) is 2.92. The number of hydrazone groups is 1. The van der Waals surface area contributed by atoms with E-state index in [1.165, 1.54) is 12.1 Å². The minimum absolute atomic E-state index is 0.0815. The fourth-order valence-electron chi connectivity index (χ4n) is 3.39. The van der Waals surface area contributed by atoms with Crippen molar-refractivity contribution in [2.45, 2.75) is 17.4 Å². The molecule has 1 N–H and O–H groups in total. The van der Waals surface area contributed by atoms with Gasteiger partial charge in [-0.1, -0.05) is 48.5 Å². The van der Waals surface area contributed by atoms with Crippen LogP contribution in [0.3, 0.4) is 0 Å². The van der Waals surface area contributed by atoms with Crippen molar-refractivity contribution < 1.29 is 13.2 Å². The standard InChI is InChI=1S/C23H21N3O3S/c1-30(28,29)20-14-12-18(13-15-20)24-23(27)21-16-22(17-8-4-2-5-9-17)26(25-21)19-10-6-3-7-11-19/h2-15,22H,16H2,1H3,(H,24,27)/t22-/m0/s1. The second kappa shape index (κ2) is 8.12. The first-order chi connectivity index (χ1) is 14.4. The molecule has 152 valence electrons. The topological polar surface area (TPSA) is 78.8 Å². The van der Waals surface area contributed by atoms with Gasteiger partial charge in [0.1, 0.15) is 5.71 Å². The van der Waals surface area contributed by atoms with Crippen molar-refractivity contribution in [1.82, 2.24) is 0 Å². The summed E-state index contributed by atoms with van der Waals surface area (Å²) in [7, 11) is -3.28. The van der Waals surface area contributed by atoms with Gasteiger partial charge in [-0.05, 0) is 42.0 Å². The van der Waals surface area contributed by atoms with Gasteiger partial charge in [0.05, 0.1) is 16.6 Å². The van der Waals surface area contributed by atoms with E-state index in [1.54, 1.807) is 12.1 Å². The molecule has 1 aliphatic heterocycles. The molecule has 1 atom stereocenters. The van der Waals surface area contributed by atoms with Gasteiger partial charge in [-0.25, -0.2) is 8.42 Å². The fraction of sp³-hybridized carbons (Fsp3) is 0.130. The number of nitrogens with zero attached hydrogens (tertiary/aromatic N) is 2. The Morgan fingerprint density at radius 1 is 0.933 bits per heavy atom. The van der Waals surface area contributed by atoms with Gasteiger partial charge in [0.15, 0.2) is 9.84 Å². The molecule has 6 nitrogen and oxygen atoms in total. The Labute approximate surface area is 175 Å². The number of sulfone groups is 1. The Morgan fingerprint density at radius 3 is 2.13 bits per heavy atom. The second-order valence-corrected chi connectivity index (χ2v) is 9.12. The summed E-state index contributed by atoms with van der Waals surface area (Å²) in [6.45, 7) is 0. The number of carbonyl (C=O) groups excluding carboxylic acids is 1. The predicted molar refractivity (Wildman–Crippen MR) is 118 cm³/mol. The average Bonchev–Trinajstić information content (AvgIpc) is 3.20. The van der Waals surface area contributed by atoms with Crippen LogP contribution in [0.4, 0.5) is 11.4 Å². The smallest absolute Gasteiger partial charge is 0.271 e. The monoisotopic (exact) mass is 419 g/mol. The van der Waals surface area contributed by atoms with Crippen molar-refractivity contribution in [1.29, 1.82) is 0 Å². The van der Waals surface area contributed by atoms with Crippen molar-refractivity contribution in [3.05, 3.63) is 90.5 Å². The molecule has 0 aliphatic carbocycles. The molecule has 0 aromatic heterocycles. The minimum atomic E-state index is -3.28. The first-order valence-electron chi connectivity index (χ1n) is 9.50. The number of hydrogen-bond acceptors (Lipinski definition) is 5. The summed E-state index contributed by atoms with van der Waals surface area (Å²) in [5, 5.41) is 9.30. The molecule has 3 aromatic rings. The summed E-state index contributed by atoms with van der Waals surface area (Å²) in [4.78, 5) is 13.1. The molecular formula is C23H21N3O3S. The molecule has 0 saturated heterocycles. The van der Waals surface area contributed by atoms with E-state index in [4.69, 9.17) is 0 Å². The number of benzene rings is 3. The first kappa shape index (κ1) is 19.8. The van der Waals surface area contributed by atoms with E-state index in [9.17, 15) is 13.2 Å². The number of para-hydroxylation sites is 1. The van der Waals surface area contributed by atoms with Crippen molar-refractivity contribution in [3.8, 4) is 0 Å². The van der Waals surface area contributed by atoms with Crippen LogP contribution in [0.1, 0.15) is 18.0 Å². The third-order valence-corrected chi connectivity index (χ3v) is 6.05. The number of rotatable bonds is 5. The van der Waals surface area contributed by atoms with Crippen LogP contribution in [0.2, 0.25) is 0 Å². The maximum absolute atomic E-state index is 12.9. The number of anilines is 2. The van der Waals surface area contributed by atoms with E-state index in [0.717, 1.165) is 17.5 Å². The van der Waals surface area contributed by atoms with Crippen LogP contribution in [0, 0.1) is 0 Å². The van der Waals surface area contributed by atoms with Gasteiger partial charge in [0.25, 0.3) is 5.91 Å². The number of amides is 1. The predicted octanol–water partition coefficient (Wildman–Crippen LogP) is 4.04. The van der Waals surface area contributed by atoms with Gasteiger partial charge >= 0.3 is 0 Å². The molecule has 1 amide bonds. The van der Waals surface area contributed by atoms with Crippen LogP contribution < -0.4 is 10.3 Å². The molecular weight excluding hydrogens is 398 g/mol. The van der Waals surface area contributed by atoms with Gasteiger partial charge < -0.3 is 5.32 Å². The summed E-state index contributed by atoms with van der Waals surface area (Å²) >= 11 is 0. The largest absolute Gasteiger partial charge is 0.321 e. The molecule has 0 spiro atoms. The molecule has 0 radical (unpaired) electrons. The summed E-state index contributed by atoms with van der Waals surface area (Å²) < 4.78 is 23.2. The molecule has 3 aromatic carbocycles. The Morgan fingerprint density at radius 2 is 1.53 bits per heavy atom. The molecule has 0 bridgehead atoms. The molecule has 4 rings (SSSR count). The van der Waals surface area contributed by atoms with E-state index in [0.29, 0.717) is 17.8 Å². The third kappa shape index (κ3) is 4.26. The lowest BCUT2D eigenvalue weighted by Gasteiger charge is -2.23. The lowest BCUT2D eigenvalue weighted by molar-refractivity contribution is -0.110. The molecule has 0 unspecified atom stereocenters. The molecule has 1 aliphatic rings. The Kier molecular flexibility index (Phi) is 5.37. The second-order valence-electron chi connectivity index (χ2n) is 7.11. The zero-order valence-electron chi connectivity index (χ0n) is 16.4. The fourth-order valence-corrected chi connectivity index (χ4v) is 4.02. The van der Waals surface area contributed by atoms with Gasteiger partial charge in [-0.2, -0.15) is 5.10 Å². The number of carbonyl (C=O) groups is 1. The zero-order chi connectivity index (χ0) is 21.1. The van der Waals surface area contributed by atoms with Crippen molar-refractivity contribution in [2.24, 2.45) is 5.10 Å². The maximum Gasteiger partial charge on any atom is 0.271 e. The van der Waals surface area contributed by atoms with E-state index in [-0.39, 0.29) is 16.8 Å². The Bertz CT molecular complexity index is 1180. The van der Waals surface area contributed by atoms with Crippen molar-refractivity contribution in [2.75, 3.05) is 16.6 Å². The van der Waals surface area contributed by atoms with Crippen LogP contribution in [0.15, 0.2) is 94.9 Å². The van der Waals surface area contributed by atoms with Gasteiger partial charge in [0.2, 0.25) is 0 Å². The first-order valence-corrected chi connectivity index (χ1v) is 11.4. The lowest BCUT2D eigenvalue weighted by atomic mass is 10.0. The minimum Gasteiger partial charge on any atom is -0.321 e. The van der Waals surface area contributed by atoms with Crippen LogP contribution >= 0.6 is 0 Å². The van der Waals surface area contributed by atoms with Crippen LogP contribution in [0.5, 0.6) is 0 Å². The number of nitrogens with one attached hydrogen (secondary N) is 1. The molecule has 30 heavy (non-hydrogen) atoms. The van der Waals surface area contributed by atoms with Crippen LogP contribution in [-0.4, -0.2) is 26.3 Å². The molecule has 1 heterocycles. The summed E-state index contributed by atoms with van der Waals surface area (Å²) in [6, 6.07) is 25.7. The van der Waals surface area contributed by atoms with E-state index in [2.05, 4.69) is 10.4 Å². The normalized spacial score (nSPS) is 16.2. The third-order valence-electron chi connectivity index (χ3n) is 4.92. The molecule has 7 heteroatoms. The lowest BCUT2D eigenvalue weighted by Crippen LogP contribution is -2.22. The quantitative estimate of drug-likeness (QED) is 0.677. The summed E-state index contributed by atoms with van der Waals surface area (Å²) in [6.07, 6.45) is 1.61. The number of hydrogen-bond donors (Lipinski definition) is 1. The van der Waals surface area contributed by atoms with Crippen molar-refractivity contribution in [3.63, 3.8) is 0 Å². The van der Waals surface area contributed by atoms with Crippen LogP contribution in [-0.2, 0) is 14.6 Å². The van der Waals surface area contributed by atoms with E-state index < -0.39 is 9.84 Å². The van der Waals surface area contributed by atoms with E-state index in [1.807, 2.05) is 65.7 Å². The van der Waals surface area contributed by atoms with E-state index >= 15 is 0 Å². The summed E-state index contributed by atoms with van der Waals surface area (Å²) in [5.74, 6) is -0.304. The molecule has 0 fully saturated rings. The Hall–Kier alpha value is -3.45. The Balaban J connectivity index is 1.58. The highest BCUT2D eigenvalue weighted by atomic mass is 32.2. The molecule has 0 saturated carbocycles. The van der Waals surface area contributed by atoms with Gasteiger partial charge in [-0.15, -0.1) is 0 Å². The van der Waals surface area contributed by atoms with Gasteiger partial charge in [-0.3, -0.25) is 9.80 Å².